The van der Waals surface area contributed by atoms with Crippen molar-refractivity contribution < 1.29 is 14.3 Å². The van der Waals surface area contributed by atoms with Gasteiger partial charge in [-0.3, -0.25) is 0 Å². The number of nitrogens with zero attached hydrogens (tertiary/aromatic N) is 2. The lowest BCUT2D eigenvalue weighted by Crippen LogP contribution is -2.07. The van der Waals surface area contributed by atoms with Crippen molar-refractivity contribution in [1.82, 2.24) is 15.4 Å². The number of halogens is 1. The van der Waals surface area contributed by atoms with E-state index in [9.17, 15) is 4.79 Å². The lowest BCUT2D eigenvalue weighted by molar-refractivity contribution is 0.0520. The monoisotopic (exact) mass is 337 g/mol. The van der Waals surface area contributed by atoms with Gasteiger partial charge in [0.15, 0.2) is 5.69 Å². The summed E-state index contributed by atoms with van der Waals surface area (Å²) in [5, 5.41) is 10.9. The summed E-state index contributed by atoms with van der Waals surface area (Å²) < 4.78 is 10.8. The maximum Gasteiger partial charge on any atom is 0.361 e. The largest absolute Gasteiger partial charge is 0.493 e. The molecule has 124 valence electrons. The van der Waals surface area contributed by atoms with Crippen molar-refractivity contribution in [3.05, 3.63) is 28.9 Å². The van der Waals surface area contributed by atoms with E-state index in [4.69, 9.17) is 21.1 Å². The quantitative estimate of drug-likeness (QED) is 0.779. The number of H-pyrrole nitrogens is 1. The summed E-state index contributed by atoms with van der Waals surface area (Å²) in [6.45, 7) is 6.82. The van der Waals surface area contributed by atoms with Gasteiger partial charge < -0.3 is 9.47 Å². The smallest absolute Gasteiger partial charge is 0.361 e. The van der Waals surface area contributed by atoms with Gasteiger partial charge in [-0.2, -0.15) is 10.3 Å². The Hall–Kier alpha value is -2.08. The highest BCUT2D eigenvalue weighted by molar-refractivity contribution is 6.31. The first kappa shape index (κ1) is 17.3. The third-order valence-corrected chi connectivity index (χ3v) is 3.40. The molecule has 0 atom stereocenters. The second-order valence-electron chi connectivity index (χ2n) is 5.41. The van der Waals surface area contributed by atoms with E-state index in [1.807, 2.05) is 0 Å². The molecule has 7 heteroatoms. The lowest BCUT2D eigenvalue weighted by Gasteiger charge is -2.12. The van der Waals surface area contributed by atoms with Crippen molar-refractivity contribution in [2.24, 2.45) is 5.92 Å². The first-order chi connectivity index (χ1) is 11.0. The predicted octanol–water partition coefficient (Wildman–Crippen LogP) is 3.73. The molecule has 1 heterocycles. The van der Waals surface area contributed by atoms with Crippen molar-refractivity contribution >= 4 is 17.6 Å². The minimum atomic E-state index is -0.538. The van der Waals surface area contributed by atoms with Gasteiger partial charge in [0.2, 0.25) is 0 Å². The molecule has 0 fully saturated rings. The normalized spacial score (nSPS) is 10.8. The molecule has 0 saturated carbocycles. The van der Waals surface area contributed by atoms with Gasteiger partial charge in [0.05, 0.1) is 13.2 Å². The minimum Gasteiger partial charge on any atom is -0.493 e. The molecule has 1 aromatic heterocycles. The van der Waals surface area contributed by atoms with E-state index in [1.54, 1.807) is 25.1 Å². The highest BCUT2D eigenvalue weighted by Gasteiger charge is 2.22. The van der Waals surface area contributed by atoms with E-state index in [1.165, 1.54) is 0 Å². The fourth-order valence-electron chi connectivity index (χ4n) is 1.98. The Morgan fingerprint density at radius 3 is 2.83 bits per heavy atom. The molecule has 2 aromatic rings. The van der Waals surface area contributed by atoms with E-state index >= 15 is 0 Å². The number of hydrogen-bond donors (Lipinski definition) is 1. The van der Waals surface area contributed by atoms with Crippen molar-refractivity contribution in [3.63, 3.8) is 0 Å². The van der Waals surface area contributed by atoms with Crippen molar-refractivity contribution in [2.75, 3.05) is 13.2 Å². The van der Waals surface area contributed by atoms with E-state index in [0.717, 1.165) is 6.42 Å². The molecule has 0 aliphatic carbocycles. The van der Waals surface area contributed by atoms with Gasteiger partial charge in [0.25, 0.3) is 0 Å². The summed E-state index contributed by atoms with van der Waals surface area (Å²) in [5.41, 5.74) is 1.09. The van der Waals surface area contributed by atoms with Crippen molar-refractivity contribution in [1.29, 1.82) is 0 Å². The van der Waals surface area contributed by atoms with E-state index < -0.39 is 5.97 Å². The number of esters is 1. The zero-order valence-corrected chi connectivity index (χ0v) is 14.2. The Morgan fingerprint density at radius 2 is 2.13 bits per heavy atom. The molecule has 6 nitrogen and oxygen atoms in total. The standard InChI is InChI=1S/C16H20ClN3O3/c1-4-22-16(21)15-14(18-20-19-15)12-9-11(17)5-6-13(12)23-8-7-10(2)3/h5-6,9-10H,4,7-8H2,1-3H3,(H,18,19,20). The third kappa shape index (κ3) is 4.45. The number of nitrogens with one attached hydrogen (secondary N) is 1. The molecule has 23 heavy (non-hydrogen) atoms. The van der Waals surface area contributed by atoms with Crippen LogP contribution >= 0.6 is 11.6 Å². The average Bonchev–Trinajstić information content (AvgIpc) is 2.98. The van der Waals surface area contributed by atoms with Gasteiger partial charge >= 0.3 is 5.97 Å². The molecule has 2 rings (SSSR count). The van der Waals surface area contributed by atoms with E-state index in [0.29, 0.717) is 34.6 Å². The number of hydrogen-bond acceptors (Lipinski definition) is 5. The molecule has 1 N–H and O–H groups in total. The first-order valence-corrected chi connectivity index (χ1v) is 7.91. The van der Waals surface area contributed by atoms with Gasteiger partial charge in [-0.15, -0.1) is 5.10 Å². The summed E-state index contributed by atoms with van der Waals surface area (Å²) in [4.78, 5) is 12.0. The molecule has 0 amide bonds. The van der Waals surface area contributed by atoms with Gasteiger partial charge in [-0.25, -0.2) is 4.79 Å². The van der Waals surface area contributed by atoms with E-state index in [2.05, 4.69) is 29.3 Å². The summed E-state index contributed by atoms with van der Waals surface area (Å²) in [7, 11) is 0. The Bertz CT molecular complexity index is 670. The van der Waals surface area contributed by atoms with Gasteiger partial charge in [0.1, 0.15) is 11.4 Å². The van der Waals surface area contributed by atoms with Crippen molar-refractivity contribution in [2.45, 2.75) is 27.2 Å². The summed E-state index contributed by atoms with van der Waals surface area (Å²) in [6.07, 6.45) is 0.922. The number of rotatable bonds is 7. The van der Waals surface area contributed by atoms with Crippen LogP contribution in [0.2, 0.25) is 5.02 Å². The van der Waals surface area contributed by atoms with Crippen LogP contribution in [0, 0.1) is 5.92 Å². The zero-order chi connectivity index (χ0) is 16.8. The van der Waals surface area contributed by atoms with Crippen LogP contribution in [-0.4, -0.2) is 34.6 Å². The number of carbonyl (C=O) groups excluding carboxylic acids is 1. The number of aromatic nitrogens is 3. The van der Waals surface area contributed by atoms with Crippen LogP contribution in [0.25, 0.3) is 11.3 Å². The molecule has 0 unspecified atom stereocenters. The predicted molar refractivity (Wildman–Crippen MR) is 87.7 cm³/mol. The second kappa shape index (κ2) is 7.97. The minimum absolute atomic E-state index is 0.114. The molecule has 1 aromatic carbocycles. The van der Waals surface area contributed by atoms with Gasteiger partial charge in [0, 0.05) is 10.6 Å². The third-order valence-electron chi connectivity index (χ3n) is 3.17. The molecule has 0 saturated heterocycles. The highest BCUT2D eigenvalue weighted by atomic mass is 35.5. The fourth-order valence-corrected chi connectivity index (χ4v) is 2.15. The molecule has 0 aliphatic rings. The summed E-state index contributed by atoms with van der Waals surface area (Å²) in [6, 6.07) is 5.20. The molecule has 0 spiro atoms. The van der Waals surface area contributed by atoms with E-state index in [-0.39, 0.29) is 12.3 Å². The molecular formula is C16H20ClN3O3. The number of aromatic amines is 1. The lowest BCUT2D eigenvalue weighted by atomic mass is 10.1. The van der Waals surface area contributed by atoms with Crippen molar-refractivity contribution in [3.8, 4) is 17.0 Å². The maximum atomic E-state index is 12.0. The van der Waals surface area contributed by atoms with Crippen LogP contribution in [0.15, 0.2) is 18.2 Å². The van der Waals surface area contributed by atoms with Crippen LogP contribution in [-0.2, 0) is 4.74 Å². The summed E-state index contributed by atoms with van der Waals surface area (Å²) in [5.74, 6) is 0.603. The molecular weight excluding hydrogens is 318 g/mol. The molecule has 0 bridgehead atoms. The van der Waals surface area contributed by atoms with Crippen LogP contribution in [0.3, 0.4) is 0 Å². The number of carbonyl (C=O) groups is 1. The van der Waals surface area contributed by atoms with Crippen LogP contribution < -0.4 is 4.74 Å². The topological polar surface area (TPSA) is 77.1 Å². The molecule has 0 radical (unpaired) electrons. The Morgan fingerprint density at radius 1 is 1.35 bits per heavy atom. The van der Waals surface area contributed by atoms with Crippen LogP contribution in [0.5, 0.6) is 5.75 Å². The zero-order valence-electron chi connectivity index (χ0n) is 13.4. The highest BCUT2D eigenvalue weighted by Crippen LogP contribution is 2.33. The number of benzene rings is 1. The molecule has 0 aliphatic heterocycles. The van der Waals surface area contributed by atoms with Gasteiger partial charge in [-0.05, 0) is 37.5 Å². The average molecular weight is 338 g/mol. The van der Waals surface area contributed by atoms with Crippen LogP contribution in [0.1, 0.15) is 37.7 Å². The first-order valence-electron chi connectivity index (χ1n) is 7.53. The van der Waals surface area contributed by atoms with Crippen LogP contribution in [0.4, 0.5) is 0 Å². The SMILES string of the molecule is CCOC(=O)c1n[nH]nc1-c1cc(Cl)ccc1OCCC(C)C. The Kier molecular flexibility index (Phi) is 5.98. The summed E-state index contributed by atoms with van der Waals surface area (Å²) >= 11 is 6.08. The second-order valence-corrected chi connectivity index (χ2v) is 5.85. The number of ether oxygens (including phenoxy) is 2. The van der Waals surface area contributed by atoms with Gasteiger partial charge in [-0.1, -0.05) is 25.4 Å². The fraction of sp³-hybridized carbons (Fsp3) is 0.438. The Labute approximate surface area is 140 Å². The maximum absolute atomic E-state index is 12.0. The Balaban J connectivity index is 2.33.